The van der Waals surface area contributed by atoms with Crippen LogP contribution >= 0.6 is 0 Å². The van der Waals surface area contributed by atoms with Gasteiger partial charge in [-0.25, -0.2) is 9.97 Å². The molecule has 0 saturated carbocycles. The van der Waals surface area contributed by atoms with E-state index in [1.54, 1.807) is 36.5 Å². The smallest absolute Gasteiger partial charge is 0.378 e. The van der Waals surface area contributed by atoms with Gasteiger partial charge in [-0.1, -0.05) is 24.3 Å². The van der Waals surface area contributed by atoms with Gasteiger partial charge in [-0.3, -0.25) is 9.78 Å². The summed E-state index contributed by atoms with van der Waals surface area (Å²) in [6.45, 7) is 4.29. The first-order valence-electron chi connectivity index (χ1n) is 11.1. The van der Waals surface area contributed by atoms with Gasteiger partial charge < -0.3 is 20.7 Å². The Kier molecular flexibility index (Phi) is 7.27. The van der Waals surface area contributed by atoms with Gasteiger partial charge in [-0.2, -0.15) is 13.2 Å². The Hall–Kier alpha value is -3.57. The van der Waals surface area contributed by atoms with E-state index in [0.717, 1.165) is 17.8 Å². The fourth-order valence-corrected chi connectivity index (χ4v) is 3.76. The van der Waals surface area contributed by atoms with Crippen LogP contribution in [-0.4, -0.2) is 47.2 Å². The first-order chi connectivity index (χ1) is 16.8. The minimum absolute atomic E-state index is 0.00700. The largest absolute Gasteiger partial charge is 0.417 e. The van der Waals surface area contributed by atoms with Crippen LogP contribution in [0.15, 0.2) is 48.8 Å². The number of hydrogen-bond acceptors (Lipinski definition) is 7. The van der Waals surface area contributed by atoms with Crippen molar-refractivity contribution in [3.63, 3.8) is 0 Å². The number of nitrogens with two attached hydrogens (primary N) is 1. The number of benzene rings is 1. The quantitative estimate of drug-likeness (QED) is 0.550. The van der Waals surface area contributed by atoms with Crippen LogP contribution in [0.1, 0.15) is 40.3 Å². The Morgan fingerprint density at radius 1 is 1.17 bits per heavy atom. The van der Waals surface area contributed by atoms with Gasteiger partial charge in [0.1, 0.15) is 5.69 Å². The van der Waals surface area contributed by atoms with Crippen molar-refractivity contribution < 1.29 is 22.7 Å². The van der Waals surface area contributed by atoms with Crippen molar-refractivity contribution in [3.8, 4) is 11.1 Å². The maximum atomic E-state index is 13.2. The molecule has 35 heavy (non-hydrogen) atoms. The normalized spacial score (nSPS) is 15.1. The lowest BCUT2D eigenvalue weighted by Crippen LogP contribution is -2.37. The highest BCUT2D eigenvalue weighted by Crippen LogP contribution is 2.33. The second-order valence-corrected chi connectivity index (χ2v) is 8.08. The molecular formula is C24H25F3N6O2. The molecule has 0 aliphatic carbocycles. The van der Waals surface area contributed by atoms with Crippen molar-refractivity contribution in [3.05, 3.63) is 71.3 Å². The first kappa shape index (κ1) is 24.6. The summed E-state index contributed by atoms with van der Waals surface area (Å²) in [7, 11) is 0. The van der Waals surface area contributed by atoms with Gasteiger partial charge >= 0.3 is 6.18 Å². The minimum atomic E-state index is -4.50. The SMILES string of the molecule is C[C@@H](NC(=O)c1ccnc(N2CCOCC2)n1)c1ccc(-c2cc(C(F)(F)F)cnc2CN)cc1. The van der Waals surface area contributed by atoms with Gasteiger partial charge in [0.25, 0.3) is 5.91 Å². The van der Waals surface area contributed by atoms with E-state index in [1.165, 1.54) is 0 Å². The third kappa shape index (κ3) is 5.75. The molecular weight excluding hydrogens is 461 g/mol. The molecule has 1 aliphatic rings. The molecule has 1 aliphatic heterocycles. The summed E-state index contributed by atoms with van der Waals surface area (Å²) in [5.41, 5.74) is 7.11. The number of ether oxygens (including phenoxy) is 1. The zero-order valence-corrected chi connectivity index (χ0v) is 19.0. The molecule has 3 N–H and O–H groups in total. The molecule has 11 heteroatoms. The molecule has 3 heterocycles. The number of rotatable bonds is 6. The predicted octanol–water partition coefficient (Wildman–Crippen LogP) is 3.34. The predicted molar refractivity (Wildman–Crippen MR) is 124 cm³/mol. The lowest BCUT2D eigenvalue weighted by atomic mass is 9.98. The molecule has 1 aromatic carbocycles. The Morgan fingerprint density at radius 3 is 2.54 bits per heavy atom. The second-order valence-electron chi connectivity index (χ2n) is 8.08. The lowest BCUT2D eigenvalue weighted by Gasteiger charge is -2.26. The van der Waals surface area contributed by atoms with E-state index in [4.69, 9.17) is 10.5 Å². The van der Waals surface area contributed by atoms with E-state index in [0.29, 0.717) is 49.1 Å². The maximum Gasteiger partial charge on any atom is 0.417 e. The van der Waals surface area contributed by atoms with Crippen molar-refractivity contribution in [2.24, 2.45) is 5.73 Å². The minimum Gasteiger partial charge on any atom is -0.378 e. The molecule has 4 rings (SSSR count). The molecule has 0 spiro atoms. The number of halogens is 3. The molecule has 1 amide bonds. The molecule has 1 atom stereocenters. The average Bonchev–Trinajstić information content (AvgIpc) is 2.88. The van der Waals surface area contributed by atoms with Crippen molar-refractivity contribution >= 4 is 11.9 Å². The van der Waals surface area contributed by atoms with Crippen LogP contribution in [0.25, 0.3) is 11.1 Å². The Labute approximate surface area is 200 Å². The second kappa shape index (κ2) is 10.4. The number of carbonyl (C=O) groups is 1. The Morgan fingerprint density at radius 2 is 1.89 bits per heavy atom. The summed E-state index contributed by atoms with van der Waals surface area (Å²) in [4.78, 5) is 27.3. The highest BCUT2D eigenvalue weighted by molar-refractivity contribution is 5.92. The number of anilines is 1. The standard InChI is InChI=1S/C24H25F3N6O2/c1-15(31-22(34)20-6-7-29-23(32-20)33-8-10-35-11-9-33)16-2-4-17(5-3-16)19-12-18(24(25,26)27)14-30-21(19)13-28/h2-7,12,14-15H,8-11,13,28H2,1H3,(H,31,34)/t15-/m1/s1. The fourth-order valence-electron chi connectivity index (χ4n) is 3.76. The van der Waals surface area contributed by atoms with Crippen LogP contribution < -0.4 is 16.0 Å². The monoisotopic (exact) mass is 486 g/mol. The molecule has 3 aromatic rings. The molecule has 0 bridgehead atoms. The summed E-state index contributed by atoms with van der Waals surface area (Å²) in [6.07, 6.45) is -2.17. The average molecular weight is 486 g/mol. The topological polar surface area (TPSA) is 106 Å². The Bertz CT molecular complexity index is 1180. The molecule has 1 fully saturated rings. The zero-order chi connectivity index (χ0) is 25.0. The summed E-state index contributed by atoms with van der Waals surface area (Å²) >= 11 is 0. The number of morpholine rings is 1. The Balaban J connectivity index is 1.48. The van der Waals surface area contributed by atoms with Crippen LogP contribution in [0.2, 0.25) is 0 Å². The molecule has 1 saturated heterocycles. The van der Waals surface area contributed by atoms with Crippen LogP contribution in [0.5, 0.6) is 0 Å². The number of aromatic nitrogens is 3. The van der Waals surface area contributed by atoms with E-state index < -0.39 is 11.7 Å². The van der Waals surface area contributed by atoms with Gasteiger partial charge in [-0.05, 0) is 30.2 Å². The maximum absolute atomic E-state index is 13.2. The number of nitrogens with one attached hydrogen (secondary N) is 1. The third-order valence-corrected chi connectivity index (χ3v) is 5.73. The summed E-state index contributed by atoms with van der Waals surface area (Å²) < 4.78 is 44.8. The molecule has 0 unspecified atom stereocenters. The number of carbonyl (C=O) groups excluding carboxylic acids is 1. The lowest BCUT2D eigenvalue weighted by molar-refractivity contribution is -0.137. The van der Waals surface area contributed by atoms with E-state index in [9.17, 15) is 18.0 Å². The van der Waals surface area contributed by atoms with Gasteiger partial charge in [0.2, 0.25) is 5.95 Å². The molecule has 2 aromatic heterocycles. The van der Waals surface area contributed by atoms with Gasteiger partial charge in [0, 0.05) is 37.6 Å². The fraction of sp³-hybridized carbons (Fsp3) is 0.333. The highest BCUT2D eigenvalue weighted by Gasteiger charge is 2.31. The molecule has 8 nitrogen and oxygen atoms in total. The number of nitrogens with zero attached hydrogens (tertiary/aromatic N) is 4. The van der Waals surface area contributed by atoms with E-state index in [-0.39, 0.29) is 24.2 Å². The summed E-state index contributed by atoms with van der Waals surface area (Å²) in [5, 5.41) is 2.90. The number of hydrogen-bond donors (Lipinski definition) is 2. The molecule has 0 radical (unpaired) electrons. The van der Waals surface area contributed by atoms with Crippen molar-refractivity contribution in [2.75, 3.05) is 31.2 Å². The van der Waals surface area contributed by atoms with Crippen LogP contribution in [-0.2, 0) is 17.5 Å². The summed E-state index contributed by atoms with van der Waals surface area (Å²) in [6, 6.07) is 9.11. The van der Waals surface area contributed by atoms with Crippen molar-refractivity contribution in [2.45, 2.75) is 25.7 Å². The number of alkyl halides is 3. The van der Waals surface area contributed by atoms with E-state index in [2.05, 4.69) is 20.3 Å². The van der Waals surface area contributed by atoms with Crippen LogP contribution in [0, 0.1) is 0 Å². The number of amides is 1. The van der Waals surface area contributed by atoms with Crippen molar-refractivity contribution in [1.82, 2.24) is 20.3 Å². The van der Waals surface area contributed by atoms with E-state index >= 15 is 0 Å². The van der Waals surface area contributed by atoms with Gasteiger partial charge in [0.05, 0.1) is 30.5 Å². The summed E-state index contributed by atoms with van der Waals surface area (Å²) in [5.74, 6) is 0.120. The highest BCUT2D eigenvalue weighted by atomic mass is 19.4. The number of pyridine rings is 1. The zero-order valence-electron chi connectivity index (χ0n) is 19.0. The van der Waals surface area contributed by atoms with Gasteiger partial charge in [-0.15, -0.1) is 0 Å². The third-order valence-electron chi connectivity index (χ3n) is 5.73. The van der Waals surface area contributed by atoms with Crippen molar-refractivity contribution in [1.29, 1.82) is 0 Å². The first-order valence-corrected chi connectivity index (χ1v) is 11.1. The van der Waals surface area contributed by atoms with Crippen LogP contribution in [0.3, 0.4) is 0 Å². The van der Waals surface area contributed by atoms with Gasteiger partial charge in [0.15, 0.2) is 0 Å². The molecule has 184 valence electrons. The van der Waals surface area contributed by atoms with Crippen LogP contribution in [0.4, 0.5) is 19.1 Å². The van der Waals surface area contributed by atoms with E-state index in [1.807, 2.05) is 11.8 Å².